The summed E-state index contributed by atoms with van der Waals surface area (Å²) < 4.78 is 2.06. The minimum absolute atomic E-state index is 0.640. The van der Waals surface area contributed by atoms with Gasteiger partial charge in [-0.1, -0.05) is 30.3 Å². The quantitative estimate of drug-likeness (QED) is 0.536. The van der Waals surface area contributed by atoms with Gasteiger partial charge in [-0.05, 0) is 23.3 Å². The highest BCUT2D eigenvalue weighted by Gasteiger charge is 2.01. The number of guanidine groups is 1. The maximum Gasteiger partial charge on any atom is 0.191 e. The average molecular weight is 334 g/mol. The number of hydrogen-bond donors (Lipinski definition) is 2. The van der Waals surface area contributed by atoms with Crippen molar-refractivity contribution < 1.29 is 0 Å². The number of pyridine rings is 1. The van der Waals surface area contributed by atoms with E-state index in [0.29, 0.717) is 13.1 Å². The van der Waals surface area contributed by atoms with Crippen molar-refractivity contribution in [1.29, 1.82) is 0 Å². The minimum atomic E-state index is 0.640. The summed E-state index contributed by atoms with van der Waals surface area (Å²) in [6.45, 7) is 2.17. The Bertz CT molecular complexity index is 796. The SMILES string of the molecule is CN=C(NCc1cccc(Cn2ccnc2)c1)NCc1ccccn1. The summed E-state index contributed by atoms with van der Waals surface area (Å²) in [6, 6.07) is 14.4. The largest absolute Gasteiger partial charge is 0.352 e. The Hall–Kier alpha value is -3.15. The van der Waals surface area contributed by atoms with Crippen molar-refractivity contribution in [3.8, 4) is 0 Å². The molecule has 0 aliphatic rings. The molecule has 3 aromatic rings. The van der Waals surface area contributed by atoms with Crippen LogP contribution in [0.25, 0.3) is 0 Å². The van der Waals surface area contributed by atoms with Gasteiger partial charge in [0.25, 0.3) is 0 Å². The smallest absolute Gasteiger partial charge is 0.191 e. The van der Waals surface area contributed by atoms with Crippen molar-refractivity contribution in [2.45, 2.75) is 19.6 Å². The standard InChI is InChI=1S/C19H22N6/c1-20-19(24-13-18-7-2-3-8-22-18)23-12-16-5-4-6-17(11-16)14-25-10-9-21-15-25/h2-11,15H,12-14H2,1H3,(H2,20,23,24). The van der Waals surface area contributed by atoms with Crippen molar-refractivity contribution in [2.75, 3.05) is 7.05 Å². The third kappa shape index (κ3) is 5.17. The summed E-state index contributed by atoms with van der Waals surface area (Å²) in [5.41, 5.74) is 3.43. The molecule has 2 aromatic heterocycles. The fourth-order valence-electron chi connectivity index (χ4n) is 2.51. The zero-order chi connectivity index (χ0) is 17.3. The van der Waals surface area contributed by atoms with E-state index in [1.807, 2.05) is 30.7 Å². The van der Waals surface area contributed by atoms with Crippen LogP contribution in [-0.4, -0.2) is 27.5 Å². The Morgan fingerprint density at radius 1 is 1.04 bits per heavy atom. The molecule has 2 N–H and O–H groups in total. The molecule has 0 aliphatic carbocycles. The van der Waals surface area contributed by atoms with Gasteiger partial charge in [0.2, 0.25) is 0 Å². The Morgan fingerprint density at radius 3 is 2.68 bits per heavy atom. The summed E-state index contributed by atoms with van der Waals surface area (Å²) >= 11 is 0. The number of aromatic nitrogens is 3. The number of rotatable bonds is 6. The van der Waals surface area contributed by atoms with Crippen LogP contribution >= 0.6 is 0 Å². The molecule has 0 spiro atoms. The first-order valence-corrected chi connectivity index (χ1v) is 8.21. The fraction of sp³-hybridized carbons (Fsp3) is 0.211. The van der Waals surface area contributed by atoms with Gasteiger partial charge in [0, 0.05) is 38.7 Å². The summed E-state index contributed by atoms with van der Waals surface area (Å²) in [7, 11) is 1.77. The molecular weight excluding hydrogens is 312 g/mol. The van der Waals surface area contributed by atoms with E-state index in [1.165, 1.54) is 11.1 Å². The van der Waals surface area contributed by atoms with Crippen LogP contribution in [-0.2, 0) is 19.6 Å². The van der Waals surface area contributed by atoms with E-state index in [-0.39, 0.29) is 0 Å². The van der Waals surface area contributed by atoms with Gasteiger partial charge in [-0.25, -0.2) is 4.98 Å². The number of imidazole rings is 1. The van der Waals surface area contributed by atoms with Crippen LogP contribution in [0.1, 0.15) is 16.8 Å². The van der Waals surface area contributed by atoms with Gasteiger partial charge in [-0.2, -0.15) is 0 Å². The van der Waals surface area contributed by atoms with Crippen LogP contribution in [0.5, 0.6) is 0 Å². The molecule has 6 nitrogen and oxygen atoms in total. The molecule has 0 radical (unpaired) electrons. The predicted octanol–water partition coefficient (Wildman–Crippen LogP) is 2.19. The van der Waals surface area contributed by atoms with Crippen LogP contribution in [0.3, 0.4) is 0 Å². The Kier molecular flexibility index (Phi) is 5.77. The lowest BCUT2D eigenvalue weighted by Crippen LogP contribution is -2.36. The molecule has 128 valence electrons. The number of hydrogen-bond acceptors (Lipinski definition) is 3. The van der Waals surface area contributed by atoms with Crippen molar-refractivity contribution in [1.82, 2.24) is 25.2 Å². The van der Waals surface area contributed by atoms with Crippen molar-refractivity contribution in [2.24, 2.45) is 4.99 Å². The van der Waals surface area contributed by atoms with E-state index < -0.39 is 0 Å². The monoisotopic (exact) mass is 334 g/mol. The number of aliphatic imine (C=N–C) groups is 1. The molecule has 0 fully saturated rings. The van der Waals surface area contributed by atoms with Crippen LogP contribution in [0, 0.1) is 0 Å². The molecule has 0 atom stereocenters. The third-order valence-electron chi connectivity index (χ3n) is 3.76. The van der Waals surface area contributed by atoms with Crippen LogP contribution in [0.2, 0.25) is 0 Å². The van der Waals surface area contributed by atoms with Crippen LogP contribution < -0.4 is 10.6 Å². The lowest BCUT2D eigenvalue weighted by Gasteiger charge is -2.12. The summed E-state index contributed by atoms with van der Waals surface area (Å²) in [5.74, 6) is 0.755. The Labute approximate surface area is 147 Å². The average Bonchev–Trinajstić information content (AvgIpc) is 3.16. The topological polar surface area (TPSA) is 67.1 Å². The molecule has 1 aromatic carbocycles. The summed E-state index contributed by atoms with van der Waals surface area (Å²) in [4.78, 5) is 12.6. The first-order valence-electron chi connectivity index (χ1n) is 8.21. The second-order valence-electron chi connectivity index (χ2n) is 5.66. The van der Waals surface area contributed by atoms with E-state index in [2.05, 4.69) is 54.4 Å². The molecule has 0 saturated heterocycles. The van der Waals surface area contributed by atoms with E-state index in [0.717, 1.165) is 18.2 Å². The van der Waals surface area contributed by atoms with Gasteiger partial charge < -0.3 is 15.2 Å². The van der Waals surface area contributed by atoms with E-state index in [4.69, 9.17) is 0 Å². The second kappa shape index (κ2) is 8.63. The van der Waals surface area contributed by atoms with Gasteiger partial charge in [0.1, 0.15) is 0 Å². The van der Waals surface area contributed by atoms with E-state index in [9.17, 15) is 0 Å². The minimum Gasteiger partial charge on any atom is -0.352 e. The van der Waals surface area contributed by atoms with Gasteiger partial charge in [0.15, 0.2) is 5.96 Å². The van der Waals surface area contributed by atoms with Gasteiger partial charge >= 0.3 is 0 Å². The lowest BCUT2D eigenvalue weighted by atomic mass is 10.1. The molecule has 6 heteroatoms. The van der Waals surface area contributed by atoms with E-state index in [1.54, 1.807) is 19.4 Å². The molecule has 25 heavy (non-hydrogen) atoms. The van der Waals surface area contributed by atoms with Crippen molar-refractivity contribution >= 4 is 5.96 Å². The maximum atomic E-state index is 4.30. The first-order chi connectivity index (χ1) is 12.3. The second-order valence-corrected chi connectivity index (χ2v) is 5.66. The van der Waals surface area contributed by atoms with Crippen molar-refractivity contribution in [3.63, 3.8) is 0 Å². The molecule has 3 rings (SSSR count). The normalized spacial score (nSPS) is 11.3. The Morgan fingerprint density at radius 2 is 1.92 bits per heavy atom. The highest BCUT2D eigenvalue weighted by molar-refractivity contribution is 5.79. The molecule has 0 saturated carbocycles. The number of benzene rings is 1. The van der Waals surface area contributed by atoms with Crippen molar-refractivity contribution in [3.05, 3.63) is 84.2 Å². The van der Waals surface area contributed by atoms with Gasteiger partial charge in [-0.15, -0.1) is 0 Å². The Balaban J connectivity index is 1.53. The molecule has 0 aliphatic heterocycles. The number of nitrogens with zero attached hydrogens (tertiary/aromatic N) is 4. The fourth-order valence-corrected chi connectivity index (χ4v) is 2.51. The third-order valence-corrected chi connectivity index (χ3v) is 3.76. The summed E-state index contributed by atoms with van der Waals surface area (Å²) in [6.07, 6.45) is 7.38. The highest BCUT2D eigenvalue weighted by Crippen LogP contribution is 2.07. The summed E-state index contributed by atoms with van der Waals surface area (Å²) in [5, 5.41) is 6.60. The van der Waals surface area contributed by atoms with Crippen LogP contribution in [0.15, 0.2) is 72.4 Å². The molecule has 0 bridgehead atoms. The zero-order valence-electron chi connectivity index (χ0n) is 14.3. The predicted molar refractivity (Wildman–Crippen MR) is 99.0 cm³/mol. The highest BCUT2D eigenvalue weighted by atomic mass is 15.2. The first kappa shape index (κ1) is 16.7. The molecule has 0 unspecified atom stereocenters. The van der Waals surface area contributed by atoms with Crippen LogP contribution in [0.4, 0.5) is 0 Å². The molecule has 0 amide bonds. The van der Waals surface area contributed by atoms with E-state index >= 15 is 0 Å². The van der Waals surface area contributed by atoms with Gasteiger partial charge in [-0.3, -0.25) is 9.98 Å². The van der Waals surface area contributed by atoms with Gasteiger partial charge in [0.05, 0.1) is 18.6 Å². The maximum absolute atomic E-state index is 4.30. The lowest BCUT2D eigenvalue weighted by molar-refractivity contribution is 0.782. The number of nitrogens with one attached hydrogen (secondary N) is 2. The zero-order valence-corrected chi connectivity index (χ0v) is 14.3. The molecular formula is C19H22N6. The molecule has 2 heterocycles.